The lowest BCUT2D eigenvalue weighted by Crippen LogP contribution is -2.27. The first-order chi connectivity index (χ1) is 11.0. The van der Waals surface area contributed by atoms with E-state index in [1.165, 1.54) is 23.7 Å². The highest BCUT2D eigenvalue weighted by Crippen LogP contribution is 2.24. The molecule has 2 aromatic rings. The van der Waals surface area contributed by atoms with E-state index in [9.17, 15) is 4.39 Å². The highest BCUT2D eigenvalue weighted by molar-refractivity contribution is 7.09. The van der Waals surface area contributed by atoms with Crippen LogP contribution in [0.5, 0.6) is 0 Å². The Morgan fingerprint density at radius 3 is 2.70 bits per heavy atom. The van der Waals surface area contributed by atoms with Crippen LogP contribution < -0.4 is 10.6 Å². The molecule has 0 spiro atoms. The Balaban J connectivity index is 1.85. The van der Waals surface area contributed by atoms with Crippen LogP contribution in [0.15, 0.2) is 24.3 Å². The number of rotatable bonds is 9. The lowest BCUT2D eigenvalue weighted by molar-refractivity contribution is 0.286. The molecule has 23 heavy (non-hydrogen) atoms. The summed E-state index contributed by atoms with van der Waals surface area (Å²) in [5.41, 5.74) is 0.931. The minimum absolute atomic E-state index is 0.140. The van der Waals surface area contributed by atoms with E-state index >= 15 is 0 Å². The van der Waals surface area contributed by atoms with Crippen LogP contribution in [0.4, 0.5) is 9.52 Å². The monoisotopic (exact) mass is 338 g/mol. The summed E-state index contributed by atoms with van der Waals surface area (Å²) in [5, 5.41) is 16.0. The van der Waals surface area contributed by atoms with Crippen LogP contribution in [-0.4, -0.2) is 34.2 Å². The van der Waals surface area contributed by atoms with Gasteiger partial charge < -0.3 is 15.7 Å². The van der Waals surface area contributed by atoms with Crippen LogP contribution in [0.1, 0.15) is 31.7 Å². The Bertz CT molecular complexity index is 600. The number of aliphatic hydroxyl groups is 1. The van der Waals surface area contributed by atoms with Gasteiger partial charge in [0.1, 0.15) is 5.82 Å². The van der Waals surface area contributed by atoms with Crippen molar-refractivity contribution in [3.63, 3.8) is 0 Å². The summed E-state index contributed by atoms with van der Waals surface area (Å²) in [4.78, 5) is 4.43. The molecule has 5 nitrogen and oxygen atoms in total. The van der Waals surface area contributed by atoms with E-state index in [1.807, 2.05) is 12.1 Å². The minimum Gasteiger partial charge on any atom is -0.396 e. The largest absolute Gasteiger partial charge is 0.396 e. The summed E-state index contributed by atoms with van der Waals surface area (Å²) in [7, 11) is 0. The molecule has 0 saturated carbocycles. The molecule has 1 aromatic heterocycles. The Kier molecular flexibility index (Phi) is 6.44. The molecule has 2 rings (SSSR count). The van der Waals surface area contributed by atoms with Crippen molar-refractivity contribution < 1.29 is 9.50 Å². The summed E-state index contributed by atoms with van der Waals surface area (Å²) in [6.45, 7) is 6.42. The van der Waals surface area contributed by atoms with Crippen LogP contribution in [0, 0.1) is 5.82 Å². The molecular weight excluding hydrogens is 315 g/mol. The summed E-state index contributed by atoms with van der Waals surface area (Å²) in [6.07, 6.45) is 0.723. The molecule has 0 aliphatic carbocycles. The predicted octanol–water partition coefficient (Wildman–Crippen LogP) is 2.54. The van der Waals surface area contributed by atoms with Gasteiger partial charge in [0.05, 0.1) is 6.54 Å². The second-order valence-corrected chi connectivity index (χ2v) is 6.77. The van der Waals surface area contributed by atoms with Gasteiger partial charge in [0, 0.05) is 30.1 Å². The molecule has 1 aromatic carbocycles. The molecule has 0 saturated heterocycles. The highest BCUT2D eigenvalue weighted by atomic mass is 32.1. The predicted molar refractivity (Wildman–Crippen MR) is 91.2 cm³/mol. The maximum Gasteiger partial charge on any atom is 0.202 e. The van der Waals surface area contributed by atoms with Crippen LogP contribution in [0.2, 0.25) is 0 Å². The average Bonchev–Trinajstić information content (AvgIpc) is 2.98. The molecule has 0 bridgehead atoms. The number of hydrogen-bond acceptors (Lipinski definition) is 6. The van der Waals surface area contributed by atoms with E-state index in [4.69, 9.17) is 5.11 Å². The van der Waals surface area contributed by atoms with Crippen molar-refractivity contribution in [3.05, 3.63) is 41.5 Å². The van der Waals surface area contributed by atoms with E-state index in [-0.39, 0.29) is 17.8 Å². The molecule has 1 heterocycles. The van der Waals surface area contributed by atoms with E-state index in [0.717, 1.165) is 29.5 Å². The van der Waals surface area contributed by atoms with Crippen molar-refractivity contribution in [3.8, 4) is 0 Å². The van der Waals surface area contributed by atoms with Crippen molar-refractivity contribution in [1.29, 1.82) is 0 Å². The summed E-state index contributed by atoms with van der Waals surface area (Å²) < 4.78 is 17.3. The zero-order valence-corrected chi connectivity index (χ0v) is 14.3. The van der Waals surface area contributed by atoms with E-state index in [0.29, 0.717) is 13.1 Å². The molecule has 0 unspecified atom stereocenters. The third kappa shape index (κ3) is 5.53. The van der Waals surface area contributed by atoms with Crippen LogP contribution in [0.25, 0.3) is 0 Å². The lowest BCUT2D eigenvalue weighted by atomic mass is 9.85. The molecule has 0 aliphatic rings. The molecular formula is C16H23FN4OS. The van der Waals surface area contributed by atoms with E-state index < -0.39 is 0 Å². The molecule has 0 aliphatic heterocycles. The molecule has 3 N–H and O–H groups in total. The molecule has 126 valence electrons. The van der Waals surface area contributed by atoms with Gasteiger partial charge in [0.15, 0.2) is 5.82 Å². The number of nitrogens with zero attached hydrogens (tertiary/aromatic N) is 2. The minimum atomic E-state index is -0.222. The first kappa shape index (κ1) is 17.8. The standard InChI is InChI=1S/C16H23FN4OS/c1-16(2,12-4-6-13(17)7-5-12)11-19-15-20-14(21-23-15)10-18-8-3-9-22/h4-7,18,22H,3,8-11H2,1-2H3,(H,19,20,21). The van der Waals surface area contributed by atoms with Gasteiger partial charge in [-0.25, -0.2) is 9.37 Å². The van der Waals surface area contributed by atoms with Gasteiger partial charge in [-0.05, 0) is 30.7 Å². The van der Waals surface area contributed by atoms with Gasteiger partial charge in [0.2, 0.25) is 5.13 Å². The van der Waals surface area contributed by atoms with Crippen LogP contribution >= 0.6 is 11.5 Å². The molecule has 0 amide bonds. The first-order valence-corrected chi connectivity index (χ1v) is 8.43. The van der Waals surface area contributed by atoms with Gasteiger partial charge >= 0.3 is 0 Å². The maximum atomic E-state index is 13.0. The number of anilines is 1. The fourth-order valence-electron chi connectivity index (χ4n) is 2.10. The van der Waals surface area contributed by atoms with Gasteiger partial charge in [-0.2, -0.15) is 4.37 Å². The molecule has 7 heteroatoms. The fourth-order valence-corrected chi connectivity index (χ4v) is 2.68. The Hall–Kier alpha value is -1.57. The number of nitrogens with one attached hydrogen (secondary N) is 2. The second kappa shape index (κ2) is 8.33. The van der Waals surface area contributed by atoms with E-state index in [2.05, 4.69) is 33.8 Å². The Morgan fingerprint density at radius 1 is 1.26 bits per heavy atom. The normalized spacial score (nSPS) is 11.7. The number of aliphatic hydroxyl groups excluding tert-OH is 1. The second-order valence-electron chi connectivity index (χ2n) is 6.01. The molecule has 0 radical (unpaired) electrons. The van der Waals surface area contributed by atoms with Gasteiger partial charge in [0.25, 0.3) is 0 Å². The van der Waals surface area contributed by atoms with Gasteiger partial charge in [-0.1, -0.05) is 26.0 Å². The molecule has 0 atom stereocenters. The fraction of sp³-hybridized carbons (Fsp3) is 0.500. The summed E-state index contributed by atoms with van der Waals surface area (Å²) in [5.74, 6) is 0.523. The quantitative estimate of drug-likeness (QED) is 0.613. The van der Waals surface area contributed by atoms with Crippen LogP contribution in [0.3, 0.4) is 0 Å². The third-order valence-electron chi connectivity index (χ3n) is 3.57. The van der Waals surface area contributed by atoms with Crippen molar-refractivity contribution in [1.82, 2.24) is 14.7 Å². The third-order valence-corrected chi connectivity index (χ3v) is 4.28. The van der Waals surface area contributed by atoms with Gasteiger partial charge in [-0.3, -0.25) is 0 Å². The highest BCUT2D eigenvalue weighted by Gasteiger charge is 2.21. The zero-order valence-electron chi connectivity index (χ0n) is 13.5. The Labute approximate surface area is 140 Å². The summed E-state index contributed by atoms with van der Waals surface area (Å²) >= 11 is 1.33. The van der Waals surface area contributed by atoms with Crippen molar-refractivity contribution in [2.75, 3.05) is 25.0 Å². The zero-order chi connectivity index (χ0) is 16.7. The lowest BCUT2D eigenvalue weighted by Gasteiger charge is -2.25. The first-order valence-electron chi connectivity index (χ1n) is 7.65. The smallest absolute Gasteiger partial charge is 0.202 e. The van der Waals surface area contributed by atoms with Crippen molar-refractivity contribution in [2.24, 2.45) is 0 Å². The topological polar surface area (TPSA) is 70.1 Å². The number of benzene rings is 1. The average molecular weight is 338 g/mol. The van der Waals surface area contributed by atoms with Crippen molar-refractivity contribution in [2.45, 2.75) is 32.2 Å². The Morgan fingerprint density at radius 2 is 2.00 bits per heavy atom. The van der Waals surface area contributed by atoms with E-state index in [1.54, 1.807) is 0 Å². The number of hydrogen-bond donors (Lipinski definition) is 3. The molecule has 0 fully saturated rings. The van der Waals surface area contributed by atoms with Gasteiger partial charge in [-0.15, -0.1) is 0 Å². The SMILES string of the molecule is CC(C)(CNc1nc(CNCCCO)ns1)c1ccc(F)cc1. The maximum absolute atomic E-state index is 13.0. The van der Waals surface area contributed by atoms with Crippen LogP contribution in [-0.2, 0) is 12.0 Å². The number of aromatic nitrogens is 2. The van der Waals surface area contributed by atoms with Crippen molar-refractivity contribution >= 4 is 16.7 Å². The summed E-state index contributed by atoms with van der Waals surface area (Å²) in [6, 6.07) is 6.59. The number of halogens is 1.